The van der Waals surface area contributed by atoms with E-state index >= 15 is 0 Å². The number of nitrogens with zero attached hydrogens (tertiary/aromatic N) is 4. The third-order valence-corrected chi connectivity index (χ3v) is 4.18. The minimum Gasteiger partial charge on any atom is -0.480 e. The van der Waals surface area contributed by atoms with Gasteiger partial charge in [0.15, 0.2) is 6.35 Å². The first-order valence-electron chi connectivity index (χ1n) is 7.50. The molecule has 0 radical (unpaired) electrons. The highest BCUT2D eigenvalue weighted by Gasteiger charge is 2.31. The number of carboxylic acids is 2. The fraction of sp³-hybridized carbons (Fsp3) is 0.846. The van der Waals surface area contributed by atoms with Crippen LogP contribution in [0.15, 0.2) is 0 Å². The van der Waals surface area contributed by atoms with E-state index in [1.807, 2.05) is 9.80 Å². The molecule has 2 fully saturated rings. The smallest absolute Gasteiger partial charge is 0.317 e. The minimum atomic E-state index is -0.900. The number of hydrogen-bond donors (Lipinski definition) is 3. The maximum Gasteiger partial charge on any atom is 0.317 e. The maximum atomic E-state index is 10.9. The molecule has 2 bridgehead atoms. The molecule has 0 aromatic rings. The number of aliphatic hydroxyl groups is 1. The van der Waals surface area contributed by atoms with Crippen LogP contribution in [0, 0.1) is 0 Å². The molecule has 0 aromatic carbocycles. The van der Waals surface area contributed by atoms with E-state index in [2.05, 4.69) is 0 Å². The van der Waals surface area contributed by atoms with Gasteiger partial charge in [-0.05, 0) is 0 Å². The van der Waals surface area contributed by atoms with E-state index in [0.717, 1.165) is 13.1 Å². The normalized spacial score (nSPS) is 31.6. The monoisotopic (exact) mass is 316 g/mol. The van der Waals surface area contributed by atoms with E-state index in [9.17, 15) is 14.7 Å². The Hall–Kier alpha value is -1.26. The van der Waals surface area contributed by atoms with Gasteiger partial charge in [-0.3, -0.25) is 29.2 Å². The highest BCUT2D eigenvalue weighted by atomic mass is 16.4. The van der Waals surface area contributed by atoms with Crippen LogP contribution in [0.25, 0.3) is 0 Å². The Morgan fingerprint density at radius 3 is 1.41 bits per heavy atom. The van der Waals surface area contributed by atoms with Crippen LogP contribution in [0.1, 0.15) is 0 Å². The number of carboxylic acid groups (broad SMARTS) is 2. The van der Waals surface area contributed by atoms with Gasteiger partial charge in [0.05, 0.1) is 13.1 Å². The molecule has 0 aromatic heterocycles. The molecule has 0 saturated carbocycles. The molecule has 9 heteroatoms. The summed E-state index contributed by atoms with van der Waals surface area (Å²) >= 11 is 0. The van der Waals surface area contributed by atoms with Crippen molar-refractivity contribution < 1.29 is 24.9 Å². The van der Waals surface area contributed by atoms with Crippen molar-refractivity contribution >= 4 is 11.9 Å². The maximum absolute atomic E-state index is 10.9. The highest BCUT2D eigenvalue weighted by Crippen LogP contribution is 2.12. The lowest BCUT2D eigenvalue weighted by molar-refractivity contribution is -0.140. The van der Waals surface area contributed by atoms with Crippen molar-refractivity contribution in [1.29, 1.82) is 0 Å². The van der Waals surface area contributed by atoms with Gasteiger partial charge in [0.1, 0.15) is 0 Å². The van der Waals surface area contributed by atoms with Gasteiger partial charge in [0, 0.05) is 52.4 Å². The van der Waals surface area contributed by atoms with Crippen molar-refractivity contribution in [3.05, 3.63) is 0 Å². The largest absolute Gasteiger partial charge is 0.480 e. The zero-order valence-corrected chi connectivity index (χ0v) is 12.6. The van der Waals surface area contributed by atoms with Crippen LogP contribution in [0.3, 0.4) is 0 Å². The van der Waals surface area contributed by atoms with Crippen LogP contribution in [0.2, 0.25) is 0 Å². The van der Waals surface area contributed by atoms with E-state index in [4.69, 9.17) is 10.2 Å². The topological polar surface area (TPSA) is 108 Å². The second-order valence-corrected chi connectivity index (χ2v) is 5.76. The lowest BCUT2D eigenvalue weighted by atomic mass is 10.3. The van der Waals surface area contributed by atoms with Crippen molar-refractivity contribution in [1.82, 2.24) is 19.6 Å². The lowest BCUT2D eigenvalue weighted by Gasteiger charge is -2.26. The molecule has 3 N–H and O–H groups in total. The van der Waals surface area contributed by atoms with Crippen LogP contribution < -0.4 is 0 Å². The Kier molecular flexibility index (Phi) is 6.09. The molecule has 9 nitrogen and oxygen atoms in total. The number of fused-ring (bicyclic) bond motifs is 2. The molecule has 2 saturated heterocycles. The first kappa shape index (κ1) is 17.1. The number of carbonyl (C=O) groups is 2. The van der Waals surface area contributed by atoms with Gasteiger partial charge in [0.2, 0.25) is 0 Å². The van der Waals surface area contributed by atoms with Crippen molar-refractivity contribution in [3.8, 4) is 0 Å². The number of hydrogen-bond acceptors (Lipinski definition) is 7. The molecule has 0 aliphatic carbocycles. The summed E-state index contributed by atoms with van der Waals surface area (Å²) in [6.45, 7) is 4.61. The van der Waals surface area contributed by atoms with Crippen LogP contribution in [0.4, 0.5) is 0 Å². The predicted octanol–water partition coefficient (Wildman–Crippen LogP) is -2.33. The van der Waals surface area contributed by atoms with Gasteiger partial charge >= 0.3 is 11.9 Å². The molecule has 2 rings (SSSR count). The van der Waals surface area contributed by atoms with Gasteiger partial charge in [-0.15, -0.1) is 0 Å². The molecule has 2 aliphatic rings. The molecule has 0 spiro atoms. The minimum absolute atomic E-state index is 0.0748. The van der Waals surface area contributed by atoms with Crippen LogP contribution in [-0.4, -0.2) is 119 Å². The molecular weight excluding hydrogens is 292 g/mol. The number of aliphatic hydroxyl groups excluding tert-OH is 1. The van der Waals surface area contributed by atoms with Gasteiger partial charge < -0.3 is 15.3 Å². The third-order valence-electron chi connectivity index (χ3n) is 4.18. The van der Waals surface area contributed by atoms with Gasteiger partial charge in [-0.25, -0.2) is 0 Å². The summed E-state index contributed by atoms with van der Waals surface area (Å²) in [5.74, 6) is -1.80. The predicted molar refractivity (Wildman–Crippen MR) is 77.3 cm³/mol. The Morgan fingerprint density at radius 2 is 1.05 bits per heavy atom. The molecule has 0 amide bonds. The Labute approximate surface area is 129 Å². The van der Waals surface area contributed by atoms with Gasteiger partial charge in [-0.1, -0.05) is 0 Å². The van der Waals surface area contributed by atoms with E-state index in [0.29, 0.717) is 39.3 Å². The summed E-state index contributed by atoms with van der Waals surface area (Å²) in [6.07, 6.45) is -0.670. The summed E-state index contributed by atoms with van der Waals surface area (Å²) in [7, 11) is 0. The quantitative estimate of drug-likeness (QED) is 0.526. The molecule has 2 atom stereocenters. The van der Waals surface area contributed by atoms with Crippen molar-refractivity contribution in [2.24, 2.45) is 0 Å². The Balaban J connectivity index is 2.04. The fourth-order valence-electron chi connectivity index (χ4n) is 2.92. The zero-order valence-electron chi connectivity index (χ0n) is 12.6. The zero-order chi connectivity index (χ0) is 16.1. The Morgan fingerprint density at radius 1 is 0.727 bits per heavy atom. The van der Waals surface area contributed by atoms with E-state index in [1.165, 1.54) is 0 Å². The molecule has 126 valence electrons. The lowest BCUT2D eigenvalue weighted by Crippen LogP contribution is -2.43. The van der Waals surface area contributed by atoms with Crippen molar-refractivity contribution in [2.75, 3.05) is 65.4 Å². The van der Waals surface area contributed by atoms with Gasteiger partial charge in [-0.2, -0.15) is 0 Å². The highest BCUT2D eigenvalue weighted by molar-refractivity contribution is 5.69. The SMILES string of the molecule is O=C(O)CN1CCN(CC(=O)O)CCN2CCN(CC1)C2O. The van der Waals surface area contributed by atoms with Crippen LogP contribution in [-0.2, 0) is 9.59 Å². The molecular formula is C13H24N4O5. The second kappa shape index (κ2) is 7.84. The van der Waals surface area contributed by atoms with Crippen LogP contribution in [0.5, 0.6) is 0 Å². The van der Waals surface area contributed by atoms with Gasteiger partial charge in [0.25, 0.3) is 0 Å². The van der Waals surface area contributed by atoms with E-state index in [1.54, 1.807) is 9.80 Å². The molecule has 2 unspecified atom stereocenters. The first-order chi connectivity index (χ1) is 10.5. The number of rotatable bonds is 4. The molecule has 2 heterocycles. The molecule has 22 heavy (non-hydrogen) atoms. The van der Waals surface area contributed by atoms with Crippen LogP contribution >= 0.6 is 0 Å². The Bertz CT molecular complexity index is 372. The standard InChI is InChI=1S/C13H24N4O5/c18-11(19)9-14-1-2-15(10-12(20)21)4-6-17-8-7-16(5-3-14)13(17)22/h13,22H,1-10H2,(H,18,19)(H,20,21). The summed E-state index contributed by atoms with van der Waals surface area (Å²) in [4.78, 5) is 29.3. The first-order valence-corrected chi connectivity index (χ1v) is 7.50. The average molecular weight is 316 g/mol. The summed E-state index contributed by atoms with van der Waals surface area (Å²) in [5.41, 5.74) is 0. The van der Waals surface area contributed by atoms with Crippen molar-refractivity contribution in [3.63, 3.8) is 0 Å². The summed E-state index contributed by atoms with van der Waals surface area (Å²) in [6, 6.07) is 0. The summed E-state index contributed by atoms with van der Waals surface area (Å²) < 4.78 is 0. The van der Waals surface area contributed by atoms with E-state index < -0.39 is 18.3 Å². The fourth-order valence-corrected chi connectivity index (χ4v) is 2.92. The third kappa shape index (κ3) is 4.89. The number of aliphatic carboxylic acids is 2. The average Bonchev–Trinajstić information content (AvgIpc) is 2.76. The second-order valence-electron chi connectivity index (χ2n) is 5.76. The van der Waals surface area contributed by atoms with Crippen molar-refractivity contribution in [2.45, 2.75) is 6.35 Å². The van der Waals surface area contributed by atoms with E-state index in [-0.39, 0.29) is 13.1 Å². The molecule has 2 aliphatic heterocycles. The summed E-state index contributed by atoms with van der Waals surface area (Å²) in [5, 5.41) is 28.2.